The molecule has 1 aliphatic heterocycles. The van der Waals surface area contributed by atoms with Crippen molar-refractivity contribution in [1.82, 2.24) is 0 Å². The molecule has 72 valence electrons. The van der Waals surface area contributed by atoms with E-state index >= 15 is 0 Å². The average molecular weight is 269 g/mol. The Morgan fingerprint density at radius 2 is 2.36 bits per heavy atom. The van der Waals surface area contributed by atoms with Crippen LogP contribution >= 0.6 is 27.7 Å². The van der Waals surface area contributed by atoms with Crippen molar-refractivity contribution >= 4 is 33.4 Å². The van der Waals surface area contributed by atoms with Gasteiger partial charge in [-0.2, -0.15) is 5.26 Å². The molecule has 2 nitrogen and oxygen atoms in total. The first-order valence-corrected chi connectivity index (χ1v) is 6.28. The van der Waals surface area contributed by atoms with Crippen LogP contribution in [0.15, 0.2) is 22.7 Å². The molecule has 0 unspecified atom stereocenters. The number of thioether (sulfide) groups is 1. The summed E-state index contributed by atoms with van der Waals surface area (Å²) in [5.74, 6) is 2.21. The Bertz CT molecular complexity index is 380. The molecule has 1 aliphatic rings. The van der Waals surface area contributed by atoms with Gasteiger partial charge in [0, 0.05) is 22.5 Å². The zero-order valence-corrected chi connectivity index (χ0v) is 9.94. The first kappa shape index (κ1) is 9.88. The van der Waals surface area contributed by atoms with Crippen LogP contribution in [0.25, 0.3) is 0 Å². The molecule has 0 spiro atoms. The Labute approximate surface area is 96.0 Å². The Hall–Kier alpha value is -0.660. The molecule has 0 aliphatic carbocycles. The van der Waals surface area contributed by atoms with E-state index in [9.17, 15) is 0 Å². The molecule has 0 aromatic heterocycles. The van der Waals surface area contributed by atoms with Crippen LogP contribution in [0.1, 0.15) is 5.56 Å². The van der Waals surface area contributed by atoms with E-state index in [0.29, 0.717) is 5.56 Å². The van der Waals surface area contributed by atoms with E-state index < -0.39 is 0 Å². The molecule has 4 heteroatoms. The quantitative estimate of drug-likeness (QED) is 0.784. The molecule has 0 N–H and O–H groups in total. The maximum atomic E-state index is 8.88. The monoisotopic (exact) mass is 268 g/mol. The highest BCUT2D eigenvalue weighted by Crippen LogP contribution is 2.26. The van der Waals surface area contributed by atoms with Gasteiger partial charge in [0.05, 0.1) is 11.4 Å². The summed E-state index contributed by atoms with van der Waals surface area (Å²) >= 11 is 5.28. The molecule has 0 amide bonds. The van der Waals surface area contributed by atoms with Gasteiger partial charge in [0.2, 0.25) is 0 Å². The number of nitrogens with zero attached hydrogens (tertiary/aromatic N) is 2. The molecule has 2 rings (SSSR count). The van der Waals surface area contributed by atoms with Crippen molar-refractivity contribution in [2.45, 2.75) is 0 Å². The second kappa shape index (κ2) is 4.24. The van der Waals surface area contributed by atoms with Crippen molar-refractivity contribution in [3.8, 4) is 6.07 Å². The summed E-state index contributed by atoms with van der Waals surface area (Å²) in [5.41, 5.74) is 1.86. The van der Waals surface area contributed by atoms with E-state index in [4.69, 9.17) is 5.26 Å². The van der Waals surface area contributed by atoms with Gasteiger partial charge in [0.15, 0.2) is 0 Å². The molecule has 1 aromatic rings. The van der Waals surface area contributed by atoms with Gasteiger partial charge < -0.3 is 4.90 Å². The predicted molar refractivity (Wildman–Crippen MR) is 63.5 cm³/mol. The van der Waals surface area contributed by atoms with Crippen molar-refractivity contribution in [2.24, 2.45) is 0 Å². The molecule has 1 fully saturated rings. The Morgan fingerprint density at radius 3 is 3.00 bits per heavy atom. The lowest BCUT2D eigenvalue weighted by Crippen LogP contribution is -2.17. The molecule has 0 radical (unpaired) electrons. The highest BCUT2D eigenvalue weighted by Gasteiger charge is 2.13. The minimum Gasteiger partial charge on any atom is -0.361 e. The number of halogens is 1. The van der Waals surface area contributed by atoms with Crippen molar-refractivity contribution < 1.29 is 0 Å². The summed E-state index contributed by atoms with van der Waals surface area (Å²) in [6.45, 7) is 1.08. The van der Waals surface area contributed by atoms with Gasteiger partial charge in [0.25, 0.3) is 0 Å². The van der Waals surface area contributed by atoms with Crippen molar-refractivity contribution in [1.29, 1.82) is 5.26 Å². The summed E-state index contributed by atoms with van der Waals surface area (Å²) < 4.78 is 0.871. The molecule has 0 bridgehead atoms. The van der Waals surface area contributed by atoms with Crippen LogP contribution in [-0.2, 0) is 0 Å². The number of rotatable bonds is 1. The normalized spacial score (nSPS) is 15.6. The Balaban J connectivity index is 2.31. The average Bonchev–Trinajstić information content (AvgIpc) is 2.71. The molecule has 1 saturated heterocycles. The highest BCUT2D eigenvalue weighted by molar-refractivity contribution is 9.10. The van der Waals surface area contributed by atoms with E-state index in [-0.39, 0.29) is 0 Å². The zero-order valence-electron chi connectivity index (χ0n) is 7.53. The number of hydrogen-bond donors (Lipinski definition) is 0. The largest absolute Gasteiger partial charge is 0.361 e. The summed E-state index contributed by atoms with van der Waals surface area (Å²) in [7, 11) is 0. The van der Waals surface area contributed by atoms with E-state index in [1.807, 2.05) is 23.9 Å². The first-order valence-electron chi connectivity index (χ1n) is 4.33. The van der Waals surface area contributed by atoms with Crippen molar-refractivity contribution in [2.75, 3.05) is 23.1 Å². The lowest BCUT2D eigenvalue weighted by molar-refractivity contribution is 0.993. The second-order valence-corrected chi connectivity index (χ2v) is 5.01. The zero-order chi connectivity index (χ0) is 9.97. The molecule has 1 heterocycles. The second-order valence-electron chi connectivity index (χ2n) is 3.08. The topological polar surface area (TPSA) is 27.0 Å². The predicted octanol–water partition coefficient (Wildman–Crippen LogP) is 2.83. The van der Waals surface area contributed by atoms with Crippen molar-refractivity contribution in [3.63, 3.8) is 0 Å². The fraction of sp³-hybridized carbons (Fsp3) is 0.300. The summed E-state index contributed by atoms with van der Waals surface area (Å²) in [6, 6.07) is 8.11. The minimum atomic E-state index is 0.708. The van der Waals surface area contributed by atoms with Gasteiger partial charge in [-0.05, 0) is 34.1 Å². The van der Waals surface area contributed by atoms with Crippen LogP contribution in [0, 0.1) is 11.3 Å². The molecular formula is C10H9BrN2S. The van der Waals surface area contributed by atoms with Gasteiger partial charge >= 0.3 is 0 Å². The molecule has 14 heavy (non-hydrogen) atoms. The third-order valence-corrected chi connectivity index (χ3v) is 3.85. The third kappa shape index (κ3) is 1.89. The molecule has 0 saturated carbocycles. The summed E-state index contributed by atoms with van der Waals surface area (Å²) in [5, 5.41) is 8.88. The van der Waals surface area contributed by atoms with Crippen LogP contribution in [0.5, 0.6) is 0 Å². The summed E-state index contributed by atoms with van der Waals surface area (Å²) in [4.78, 5) is 2.29. The van der Waals surface area contributed by atoms with E-state index in [0.717, 1.165) is 22.6 Å². The van der Waals surface area contributed by atoms with Crippen LogP contribution in [-0.4, -0.2) is 18.2 Å². The number of nitriles is 1. The number of benzene rings is 1. The third-order valence-electron chi connectivity index (χ3n) is 2.19. The van der Waals surface area contributed by atoms with E-state index in [1.165, 1.54) is 5.75 Å². The lowest BCUT2D eigenvalue weighted by Gasteiger charge is -2.16. The SMILES string of the molecule is N#Cc1cc(N2CCSC2)ccc1Br. The Kier molecular flexibility index (Phi) is 2.99. The van der Waals surface area contributed by atoms with Crippen LogP contribution in [0.4, 0.5) is 5.69 Å². The highest BCUT2D eigenvalue weighted by atomic mass is 79.9. The van der Waals surface area contributed by atoms with Crippen molar-refractivity contribution in [3.05, 3.63) is 28.2 Å². The van der Waals surface area contributed by atoms with Crippen LogP contribution in [0.3, 0.4) is 0 Å². The molecule has 0 atom stereocenters. The van der Waals surface area contributed by atoms with E-state index in [1.54, 1.807) is 0 Å². The van der Waals surface area contributed by atoms with E-state index in [2.05, 4.69) is 33.0 Å². The maximum absolute atomic E-state index is 8.88. The van der Waals surface area contributed by atoms with Gasteiger partial charge in [0.1, 0.15) is 6.07 Å². The van der Waals surface area contributed by atoms with Gasteiger partial charge in [-0.15, -0.1) is 11.8 Å². The standard InChI is InChI=1S/C10H9BrN2S/c11-10-2-1-9(5-8(10)6-12)13-3-4-14-7-13/h1-2,5H,3-4,7H2. The van der Waals surface area contributed by atoms with Gasteiger partial charge in [-0.3, -0.25) is 0 Å². The maximum Gasteiger partial charge on any atom is 0.100 e. The lowest BCUT2D eigenvalue weighted by atomic mass is 10.2. The van der Waals surface area contributed by atoms with Crippen LogP contribution in [0.2, 0.25) is 0 Å². The number of hydrogen-bond acceptors (Lipinski definition) is 3. The molecule has 1 aromatic carbocycles. The number of anilines is 1. The van der Waals surface area contributed by atoms with Crippen LogP contribution < -0.4 is 4.90 Å². The fourth-order valence-corrected chi connectivity index (χ4v) is 2.73. The Morgan fingerprint density at radius 1 is 1.50 bits per heavy atom. The van der Waals surface area contributed by atoms with Gasteiger partial charge in [-0.25, -0.2) is 0 Å². The fourth-order valence-electron chi connectivity index (χ4n) is 1.41. The summed E-state index contributed by atoms with van der Waals surface area (Å²) in [6.07, 6.45) is 0. The first-order chi connectivity index (χ1) is 6.81. The smallest absolute Gasteiger partial charge is 0.100 e. The van der Waals surface area contributed by atoms with Gasteiger partial charge in [-0.1, -0.05) is 0 Å². The minimum absolute atomic E-state index is 0.708. The molecular weight excluding hydrogens is 260 g/mol.